The van der Waals surface area contributed by atoms with Gasteiger partial charge in [0.2, 0.25) is 11.7 Å². The number of Topliss-reactive ketones (excluding diaryl/α,β-unsaturated/α-hetero) is 1. The second kappa shape index (κ2) is 15.8. The Labute approximate surface area is 333 Å². The highest BCUT2D eigenvalue weighted by molar-refractivity contribution is 6.01. The molecule has 1 unspecified atom stereocenters. The minimum atomic E-state index is -1.78. The second-order valence-electron chi connectivity index (χ2n) is 17.0. The monoisotopic (exact) mass is 776 g/mol. The van der Waals surface area contributed by atoms with Gasteiger partial charge in [0, 0.05) is 22.4 Å². The summed E-state index contributed by atoms with van der Waals surface area (Å²) in [5, 5.41) is 28.7. The molecule has 57 heavy (non-hydrogen) atoms. The largest absolute Gasteiger partial charge is 0.461 e. The number of hydrogen-bond donors (Lipinski definition) is 3. The fourth-order valence-electron chi connectivity index (χ4n) is 10.5. The highest BCUT2D eigenvalue weighted by Crippen LogP contribution is 2.67. The number of anilines is 1. The van der Waals surface area contributed by atoms with E-state index < -0.39 is 52.9 Å². The Morgan fingerprint density at radius 1 is 0.930 bits per heavy atom. The molecule has 4 aliphatic carbocycles. The van der Waals surface area contributed by atoms with E-state index in [2.05, 4.69) is 12.2 Å². The number of carbonyl (C=O) groups excluding carboxylic acids is 5. The minimum Gasteiger partial charge on any atom is -0.461 e. The summed E-state index contributed by atoms with van der Waals surface area (Å²) in [6.45, 7) is 3.27. The maximum atomic E-state index is 13.6. The van der Waals surface area contributed by atoms with Gasteiger partial charge in [-0.3, -0.25) is 28.9 Å². The molecule has 3 aromatic rings. The molecule has 0 bridgehead atoms. The van der Waals surface area contributed by atoms with E-state index in [1.54, 1.807) is 24.3 Å². The Morgan fingerprint density at radius 2 is 1.63 bits per heavy atom. The van der Waals surface area contributed by atoms with Crippen LogP contribution in [0.5, 0.6) is 0 Å². The van der Waals surface area contributed by atoms with Crippen LogP contribution in [0, 0.1) is 28.6 Å². The number of rotatable bonds is 12. The van der Waals surface area contributed by atoms with Gasteiger partial charge in [-0.15, -0.1) is 0 Å². The summed E-state index contributed by atoms with van der Waals surface area (Å²) < 4.78 is 10.7. The number of ketones is 2. The van der Waals surface area contributed by atoms with Crippen LogP contribution in [0.4, 0.5) is 5.69 Å². The summed E-state index contributed by atoms with van der Waals surface area (Å²) in [6.07, 6.45) is 6.34. The molecule has 0 aromatic heterocycles. The average molecular weight is 777 g/mol. The molecule has 7 rings (SSSR count). The predicted octanol–water partition coefficient (Wildman–Crippen LogP) is 6.03. The van der Waals surface area contributed by atoms with Gasteiger partial charge in [-0.1, -0.05) is 80.1 Å². The van der Waals surface area contributed by atoms with Crippen LogP contribution >= 0.6 is 0 Å². The van der Waals surface area contributed by atoms with Crippen molar-refractivity contribution in [1.82, 2.24) is 4.90 Å². The van der Waals surface area contributed by atoms with Crippen LogP contribution in [0.1, 0.15) is 76.0 Å². The zero-order chi connectivity index (χ0) is 40.7. The third kappa shape index (κ3) is 7.60. The lowest BCUT2D eigenvalue weighted by molar-refractivity contribution is -0.181. The van der Waals surface area contributed by atoms with Crippen molar-refractivity contribution in [2.45, 2.75) is 83.1 Å². The summed E-state index contributed by atoms with van der Waals surface area (Å²) >= 11 is 0. The molecule has 300 valence electrons. The van der Waals surface area contributed by atoms with Gasteiger partial charge in [0.25, 0.3) is 0 Å². The zero-order valence-electron chi connectivity index (χ0n) is 33.0. The van der Waals surface area contributed by atoms with E-state index >= 15 is 0 Å². The maximum absolute atomic E-state index is 13.6. The summed E-state index contributed by atoms with van der Waals surface area (Å²) in [7, 11) is 3.65. The van der Waals surface area contributed by atoms with E-state index in [4.69, 9.17) is 9.47 Å². The number of hydrogen-bond acceptors (Lipinski definition) is 10. The van der Waals surface area contributed by atoms with E-state index in [-0.39, 0.29) is 61.7 Å². The molecule has 3 N–H and O–H groups in total. The molecule has 3 saturated carbocycles. The van der Waals surface area contributed by atoms with Crippen LogP contribution in [0.3, 0.4) is 0 Å². The number of allylic oxidation sites excluding steroid dienone is 4. The van der Waals surface area contributed by atoms with E-state index in [1.807, 2.05) is 86.6 Å². The Balaban J connectivity index is 0.874. The van der Waals surface area contributed by atoms with Crippen molar-refractivity contribution in [3.8, 4) is 0 Å². The smallest absolute Gasteiger partial charge is 0.306 e. The number of likely N-dealkylation sites (N-methyl/N-ethyl adjacent to an activating group) is 1. The number of nitrogens with zero attached hydrogens (tertiary/aromatic N) is 1. The molecule has 0 aliphatic heterocycles. The van der Waals surface area contributed by atoms with Crippen molar-refractivity contribution in [3.05, 3.63) is 102 Å². The number of amides is 1. The van der Waals surface area contributed by atoms with Crippen LogP contribution in [0.2, 0.25) is 0 Å². The fraction of sp³-hybridized carbons (Fsp3) is 0.457. The topological polar surface area (TPSA) is 160 Å². The molecule has 0 radical (unpaired) electrons. The zero-order valence-corrected chi connectivity index (χ0v) is 33.0. The summed E-state index contributed by atoms with van der Waals surface area (Å²) in [5.74, 6) is -2.32. The molecule has 4 aliphatic rings. The molecule has 11 heteroatoms. The van der Waals surface area contributed by atoms with Crippen molar-refractivity contribution in [2.75, 3.05) is 26.0 Å². The van der Waals surface area contributed by atoms with E-state index in [0.717, 1.165) is 34.8 Å². The molecule has 3 fully saturated rings. The molecular weight excluding hydrogens is 725 g/mol. The van der Waals surface area contributed by atoms with Crippen LogP contribution in [0.15, 0.2) is 90.5 Å². The van der Waals surface area contributed by atoms with Gasteiger partial charge >= 0.3 is 11.9 Å². The first-order valence-corrected chi connectivity index (χ1v) is 19.9. The number of aliphatic hydroxyl groups is 2. The molecule has 0 spiro atoms. The molecule has 11 nitrogen and oxygen atoms in total. The van der Waals surface area contributed by atoms with E-state index in [1.165, 1.54) is 0 Å². The predicted molar refractivity (Wildman–Crippen MR) is 213 cm³/mol. The summed E-state index contributed by atoms with van der Waals surface area (Å²) in [6, 6.07) is 20.3. The van der Waals surface area contributed by atoms with Crippen LogP contribution in [-0.2, 0) is 40.1 Å². The number of nitrogens with one attached hydrogen (secondary N) is 1. The van der Waals surface area contributed by atoms with E-state index in [9.17, 15) is 34.2 Å². The second-order valence-corrected chi connectivity index (χ2v) is 17.0. The van der Waals surface area contributed by atoms with Gasteiger partial charge in [-0.05, 0) is 104 Å². The lowest BCUT2D eigenvalue weighted by atomic mass is 9.46. The SMILES string of the molecule is CN(C)C(C(=O)Nc1ccc2ccccc2c1)c1ccc(COC(=O)CCC(=O)OCC(=O)[C@@]2(O)CC[C@H]3[C@@H]4CCC5=CC(=O)C=C[C@]5(C)[C@H]4[C@@H](O)C[C@@]32C)cc1. The molecular formula is C46H52N2O9. The average Bonchev–Trinajstić information content (AvgIpc) is 3.45. The lowest BCUT2D eigenvalue weighted by Crippen LogP contribution is -2.61. The number of carbonyl (C=O) groups is 5. The van der Waals surface area contributed by atoms with Crippen LogP contribution in [0.25, 0.3) is 10.8 Å². The Bertz CT molecular complexity index is 2140. The third-order valence-corrected chi connectivity index (χ3v) is 13.5. The third-order valence-electron chi connectivity index (χ3n) is 13.5. The highest BCUT2D eigenvalue weighted by Gasteiger charge is 2.68. The van der Waals surface area contributed by atoms with Crippen LogP contribution in [-0.4, -0.2) is 76.9 Å². The molecule has 0 heterocycles. The normalized spacial score (nSPS) is 29.5. The number of ether oxygens (including phenoxy) is 2. The van der Waals surface area contributed by atoms with Gasteiger partial charge in [0.15, 0.2) is 12.4 Å². The highest BCUT2D eigenvalue weighted by atomic mass is 16.5. The van der Waals surface area contributed by atoms with Gasteiger partial charge in [0.1, 0.15) is 18.2 Å². The minimum absolute atomic E-state index is 0.0270. The van der Waals surface area contributed by atoms with Crippen molar-refractivity contribution in [3.63, 3.8) is 0 Å². The number of aliphatic hydroxyl groups excluding tert-OH is 1. The van der Waals surface area contributed by atoms with Crippen molar-refractivity contribution in [1.29, 1.82) is 0 Å². The molecule has 0 saturated heterocycles. The first-order chi connectivity index (χ1) is 27.1. The molecule has 3 aromatic carbocycles. The molecule has 1 amide bonds. The quantitative estimate of drug-likeness (QED) is 0.186. The molecule has 8 atom stereocenters. The Hall–Kier alpha value is -4.97. The Kier molecular flexibility index (Phi) is 11.1. The maximum Gasteiger partial charge on any atom is 0.306 e. The van der Waals surface area contributed by atoms with Crippen molar-refractivity contribution in [2.24, 2.45) is 28.6 Å². The first kappa shape index (κ1) is 40.2. The van der Waals surface area contributed by atoms with Crippen molar-refractivity contribution >= 4 is 45.9 Å². The number of fused-ring (bicyclic) bond motifs is 6. The first-order valence-electron chi connectivity index (χ1n) is 19.9. The summed E-state index contributed by atoms with van der Waals surface area (Å²) in [4.78, 5) is 66.1. The lowest BCUT2D eigenvalue weighted by Gasteiger charge is -2.59. The standard InChI is InChI=1S/C46H52N2O9/c1-44-21-19-34(49)24-32(44)14-16-35-36-20-22-46(55,45(36,2)25-37(50)41(35)44)38(51)27-57-40(53)18-17-39(52)56-26-28-9-11-30(12-10-28)42(48(3)4)43(54)47-33-15-13-29-7-5-6-8-31(29)23-33/h5-13,15,19,21,23-24,35-37,41-42,50,55H,14,16-18,20,22,25-27H2,1-4H3,(H,47,54)/t35-,36-,37-,41+,42?,44-,45-,46-/m0/s1. The fourth-order valence-corrected chi connectivity index (χ4v) is 10.5. The van der Waals surface area contributed by atoms with Gasteiger partial charge in [-0.25, -0.2) is 0 Å². The van der Waals surface area contributed by atoms with Gasteiger partial charge in [0.05, 0.1) is 18.9 Å². The number of esters is 2. The van der Waals surface area contributed by atoms with Crippen molar-refractivity contribution < 1.29 is 43.7 Å². The van der Waals surface area contributed by atoms with Gasteiger partial charge in [-0.2, -0.15) is 0 Å². The van der Waals surface area contributed by atoms with E-state index in [0.29, 0.717) is 17.7 Å². The summed E-state index contributed by atoms with van der Waals surface area (Å²) in [5.41, 5.74) is 0.0414. The van der Waals surface area contributed by atoms with Gasteiger partial charge < -0.3 is 25.0 Å². The van der Waals surface area contributed by atoms with Crippen LogP contribution < -0.4 is 5.32 Å². The Morgan fingerprint density at radius 3 is 2.35 bits per heavy atom. The number of benzene rings is 3.